The van der Waals surface area contributed by atoms with Gasteiger partial charge in [0.05, 0.1) is 29.5 Å². The van der Waals surface area contributed by atoms with Crippen LogP contribution in [0.15, 0.2) is 0 Å². The molecule has 0 aliphatic rings. The highest BCUT2D eigenvalue weighted by atomic mass is 16.5. The molecule has 0 aliphatic heterocycles. The Kier molecular flexibility index (Phi) is 10.6. The van der Waals surface area contributed by atoms with Gasteiger partial charge in [-0.2, -0.15) is 0 Å². The molecule has 0 saturated heterocycles. The molecule has 0 aliphatic carbocycles. The lowest BCUT2D eigenvalue weighted by Crippen LogP contribution is -2.41. The van der Waals surface area contributed by atoms with Crippen LogP contribution in [0.5, 0.6) is 0 Å². The minimum absolute atomic E-state index is 0.0316. The van der Waals surface area contributed by atoms with Gasteiger partial charge in [-0.15, -0.1) is 0 Å². The van der Waals surface area contributed by atoms with Crippen molar-refractivity contribution in [1.82, 2.24) is 0 Å². The van der Waals surface area contributed by atoms with Crippen LogP contribution in [0, 0.1) is 5.92 Å². The fourth-order valence-corrected chi connectivity index (χ4v) is 2.59. The van der Waals surface area contributed by atoms with Crippen molar-refractivity contribution in [2.75, 3.05) is 19.8 Å². The van der Waals surface area contributed by atoms with Crippen molar-refractivity contribution in [3.8, 4) is 0 Å². The molecule has 0 radical (unpaired) electrons. The van der Waals surface area contributed by atoms with Crippen LogP contribution in [0.2, 0.25) is 5.31 Å². The summed E-state index contributed by atoms with van der Waals surface area (Å²) >= 11 is 0. The first-order valence-electron chi connectivity index (χ1n) is 10.6. The monoisotopic (exact) mass is 386 g/mol. The predicted molar refractivity (Wildman–Crippen MR) is 117 cm³/mol. The molecule has 2 unspecified atom stereocenters. The van der Waals surface area contributed by atoms with Gasteiger partial charge < -0.3 is 19.3 Å². The molecule has 2 atom stereocenters. The Bertz CT molecular complexity index is 411. The molecule has 162 valence electrons. The molecule has 1 N–H and O–H groups in total. The van der Waals surface area contributed by atoms with Crippen molar-refractivity contribution < 1.29 is 19.3 Å². The zero-order chi connectivity index (χ0) is 21.5. The summed E-state index contributed by atoms with van der Waals surface area (Å²) in [4.78, 5) is 0. The van der Waals surface area contributed by atoms with Gasteiger partial charge in [-0.25, -0.2) is 0 Å². The Morgan fingerprint density at radius 3 is 1.85 bits per heavy atom. The van der Waals surface area contributed by atoms with E-state index in [0.717, 1.165) is 19.4 Å². The van der Waals surface area contributed by atoms with Crippen molar-refractivity contribution >= 4 is 7.85 Å². The highest BCUT2D eigenvalue weighted by Gasteiger charge is 2.38. The Labute approximate surface area is 170 Å². The number of hydrogen-bond donors (Lipinski definition) is 1. The summed E-state index contributed by atoms with van der Waals surface area (Å²) in [6.07, 6.45) is 2.82. The van der Waals surface area contributed by atoms with Gasteiger partial charge in [0.2, 0.25) is 0 Å². The fourth-order valence-electron chi connectivity index (χ4n) is 2.59. The summed E-state index contributed by atoms with van der Waals surface area (Å²) in [5.74, 6) is 0.363. The zero-order valence-corrected chi connectivity index (χ0v) is 20.1. The summed E-state index contributed by atoms with van der Waals surface area (Å²) in [6.45, 7) is 22.9. The summed E-state index contributed by atoms with van der Waals surface area (Å²) in [5, 5.41) is 9.87. The lowest BCUT2D eigenvalue weighted by atomic mass is 9.58. The summed E-state index contributed by atoms with van der Waals surface area (Å²) < 4.78 is 18.1. The van der Waals surface area contributed by atoms with Crippen molar-refractivity contribution in [2.24, 2.45) is 5.92 Å². The number of hydrogen-bond acceptors (Lipinski definition) is 4. The average Bonchev–Trinajstić information content (AvgIpc) is 2.44. The molecule has 0 aromatic carbocycles. The van der Waals surface area contributed by atoms with Gasteiger partial charge in [0.15, 0.2) is 0 Å². The zero-order valence-electron chi connectivity index (χ0n) is 20.1. The molecule has 0 aromatic heterocycles. The SMILES string of the molecule is BC(C)(CCOC(C)C)C(C)(C)OCCC(C)C(C)(C)OCCC(C)(C)O. The van der Waals surface area contributed by atoms with Gasteiger partial charge in [0, 0.05) is 13.2 Å². The maximum absolute atomic E-state index is 9.84. The van der Waals surface area contributed by atoms with E-state index < -0.39 is 5.60 Å². The predicted octanol–water partition coefficient (Wildman–Crippen LogP) is 4.39. The molecule has 5 heteroatoms. The minimum Gasteiger partial charge on any atom is -0.390 e. The molecule has 27 heavy (non-hydrogen) atoms. The average molecular weight is 386 g/mol. The molecule has 0 aromatic rings. The molecule has 0 fully saturated rings. The molecule has 0 bridgehead atoms. The van der Waals surface area contributed by atoms with Crippen LogP contribution in [-0.4, -0.2) is 55.7 Å². The third-order valence-corrected chi connectivity index (χ3v) is 6.20. The quantitative estimate of drug-likeness (QED) is 0.450. The van der Waals surface area contributed by atoms with Crippen LogP contribution in [0.3, 0.4) is 0 Å². The molecule has 0 spiro atoms. The second-order valence-corrected chi connectivity index (χ2v) is 10.6. The Morgan fingerprint density at radius 2 is 1.37 bits per heavy atom. The number of aliphatic hydroxyl groups is 1. The molecular weight excluding hydrogens is 339 g/mol. The number of rotatable bonds is 14. The first kappa shape index (κ1) is 26.9. The van der Waals surface area contributed by atoms with E-state index >= 15 is 0 Å². The van der Waals surface area contributed by atoms with Gasteiger partial charge in [0.1, 0.15) is 7.85 Å². The molecule has 0 rings (SSSR count). The van der Waals surface area contributed by atoms with E-state index in [1.807, 2.05) is 13.8 Å². The Balaban J connectivity index is 4.44. The normalized spacial score (nSPS) is 17.2. The third-order valence-electron chi connectivity index (χ3n) is 6.20. The van der Waals surface area contributed by atoms with Gasteiger partial charge in [-0.05, 0) is 85.9 Å². The fraction of sp³-hybridized carbons (Fsp3) is 1.00. The van der Waals surface area contributed by atoms with Gasteiger partial charge >= 0.3 is 0 Å². The summed E-state index contributed by atoms with van der Waals surface area (Å²) in [7, 11) is 2.25. The van der Waals surface area contributed by atoms with E-state index in [-0.39, 0.29) is 22.6 Å². The van der Waals surface area contributed by atoms with Crippen LogP contribution >= 0.6 is 0 Å². The second-order valence-electron chi connectivity index (χ2n) is 10.6. The largest absolute Gasteiger partial charge is 0.390 e. The van der Waals surface area contributed by atoms with Crippen molar-refractivity contribution in [1.29, 1.82) is 0 Å². The molecular formula is C22H47BO4. The van der Waals surface area contributed by atoms with Crippen LogP contribution in [0.1, 0.15) is 88.5 Å². The summed E-state index contributed by atoms with van der Waals surface area (Å²) in [5.41, 5.74) is -1.14. The van der Waals surface area contributed by atoms with Gasteiger partial charge in [0.25, 0.3) is 0 Å². The van der Waals surface area contributed by atoms with Crippen LogP contribution in [-0.2, 0) is 14.2 Å². The Morgan fingerprint density at radius 1 is 0.815 bits per heavy atom. The van der Waals surface area contributed by atoms with Gasteiger partial charge in [-0.1, -0.05) is 13.8 Å². The van der Waals surface area contributed by atoms with E-state index in [9.17, 15) is 5.11 Å². The lowest BCUT2D eigenvalue weighted by molar-refractivity contribution is -0.0958. The molecule has 0 heterocycles. The van der Waals surface area contributed by atoms with Crippen LogP contribution in [0.4, 0.5) is 0 Å². The van der Waals surface area contributed by atoms with Crippen LogP contribution < -0.4 is 0 Å². The molecule has 4 nitrogen and oxygen atoms in total. The molecule has 0 saturated carbocycles. The van der Waals surface area contributed by atoms with E-state index in [2.05, 4.69) is 63.2 Å². The van der Waals surface area contributed by atoms with Gasteiger partial charge in [-0.3, -0.25) is 0 Å². The first-order chi connectivity index (χ1) is 12.0. The Hall–Kier alpha value is -0.0951. The maximum atomic E-state index is 9.84. The molecule has 0 amide bonds. The van der Waals surface area contributed by atoms with E-state index in [1.54, 1.807) is 0 Å². The first-order valence-corrected chi connectivity index (χ1v) is 10.6. The standard InChI is InChI=1S/C22H47BO4/c1-17(2)25-15-13-22(10,23)21(8,9)27-14-11-18(3)20(6,7)26-16-12-19(4,5)24/h17-18,24H,11-16,23H2,1-10H3. The maximum Gasteiger partial charge on any atom is 0.112 e. The number of ether oxygens (including phenoxy) is 3. The second kappa shape index (κ2) is 10.6. The van der Waals surface area contributed by atoms with E-state index in [1.165, 1.54) is 0 Å². The van der Waals surface area contributed by atoms with Crippen LogP contribution in [0.25, 0.3) is 0 Å². The highest BCUT2D eigenvalue weighted by molar-refractivity contribution is 6.15. The minimum atomic E-state index is -0.683. The van der Waals surface area contributed by atoms with E-state index in [4.69, 9.17) is 14.2 Å². The van der Waals surface area contributed by atoms with E-state index in [0.29, 0.717) is 25.6 Å². The summed E-state index contributed by atoms with van der Waals surface area (Å²) in [6, 6.07) is 0. The smallest absolute Gasteiger partial charge is 0.112 e. The van der Waals surface area contributed by atoms with Crippen molar-refractivity contribution in [3.63, 3.8) is 0 Å². The lowest BCUT2D eigenvalue weighted by Gasteiger charge is -2.42. The van der Waals surface area contributed by atoms with Crippen molar-refractivity contribution in [3.05, 3.63) is 0 Å². The highest BCUT2D eigenvalue weighted by Crippen LogP contribution is 2.41. The third kappa shape index (κ3) is 10.9. The topological polar surface area (TPSA) is 47.9 Å². The van der Waals surface area contributed by atoms with Crippen molar-refractivity contribution in [2.45, 2.75) is 117 Å².